The lowest BCUT2D eigenvalue weighted by Gasteiger charge is -2.13. The quantitative estimate of drug-likeness (QED) is 0.498. The van der Waals surface area contributed by atoms with Crippen LogP contribution in [0.25, 0.3) is 21.5 Å². The smallest absolute Gasteiger partial charge is 0.260 e. The molecule has 2 aromatic heterocycles. The Morgan fingerprint density at radius 2 is 2.11 bits per heavy atom. The van der Waals surface area contributed by atoms with Crippen LogP contribution < -0.4 is 21.5 Å². The highest BCUT2D eigenvalue weighted by molar-refractivity contribution is 7.21. The van der Waals surface area contributed by atoms with Crippen LogP contribution in [0.1, 0.15) is 42.3 Å². The Hall–Kier alpha value is -2.87. The third-order valence-corrected chi connectivity index (χ3v) is 5.73. The van der Waals surface area contributed by atoms with Crippen molar-refractivity contribution in [1.29, 1.82) is 0 Å². The second kappa shape index (κ2) is 7.63. The highest BCUT2D eigenvalue weighted by Crippen LogP contribution is 2.41. The van der Waals surface area contributed by atoms with Gasteiger partial charge in [0.2, 0.25) is 5.95 Å². The first-order valence-corrected chi connectivity index (χ1v) is 10.3. The van der Waals surface area contributed by atoms with Gasteiger partial charge in [0.15, 0.2) is 0 Å². The van der Waals surface area contributed by atoms with E-state index in [0.717, 1.165) is 37.0 Å². The Morgan fingerprint density at radius 3 is 2.82 bits per heavy atom. The minimum absolute atomic E-state index is 0.304. The molecule has 1 saturated carbocycles. The van der Waals surface area contributed by atoms with E-state index >= 15 is 0 Å². The van der Waals surface area contributed by atoms with Crippen LogP contribution in [0.5, 0.6) is 5.75 Å². The molecule has 7 nitrogen and oxygen atoms in total. The molecular weight excluding hydrogens is 374 g/mol. The summed E-state index contributed by atoms with van der Waals surface area (Å²) in [6.45, 7) is 2.75. The van der Waals surface area contributed by atoms with Gasteiger partial charge in [0.05, 0.1) is 23.4 Å². The van der Waals surface area contributed by atoms with E-state index in [4.69, 9.17) is 21.2 Å². The van der Waals surface area contributed by atoms with Crippen molar-refractivity contribution in [2.24, 2.45) is 5.73 Å². The summed E-state index contributed by atoms with van der Waals surface area (Å²) in [5, 5.41) is 3.98. The number of para-hydroxylation sites is 1. The van der Waals surface area contributed by atoms with Crippen molar-refractivity contribution < 1.29 is 9.53 Å². The monoisotopic (exact) mass is 397 g/mol. The fraction of sp³-hybridized carbons (Fsp3) is 0.350. The van der Waals surface area contributed by atoms with Crippen molar-refractivity contribution in [3.05, 3.63) is 29.1 Å². The number of hydrogen-bond donors (Lipinski definition) is 3. The number of carbonyl (C=O) groups is 1. The summed E-state index contributed by atoms with van der Waals surface area (Å²) in [7, 11) is 0. The van der Waals surface area contributed by atoms with Crippen LogP contribution >= 0.6 is 11.3 Å². The molecule has 2 heterocycles. The number of hydrogen-bond acceptors (Lipinski definition) is 7. The standard InChI is InChI=1S/C20H23N5O2S/c1-2-3-10-27-13-7-5-4-6-12(13)16-14-15(21)17(18(22)26)28-19(14)25-20(24-16)23-11-8-9-11/h4-7,11H,2-3,8-10,21H2,1H3,(H2,22,26)(H,23,24,25). The predicted octanol–water partition coefficient (Wildman–Crippen LogP) is 3.79. The summed E-state index contributed by atoms with van der Waals surface area (Å²) in [4.78, 5) is 22.1. The molecule has 4 rings (SSSR count). The maximum absolute atomic E-state index is 11.8. The Balaban J connectivity index is 1.88. The lowest BCUT2D eigenvalue weighted by molar-refractivity contribution is 0.100. The van der Waals surface area contributed by atoms with Gasteiger partial charge >= 0.3 is 0 Å². The first kappa shape index (κ1) is 18.5. The Bertz CT molecular complexity index is 1030. The molecule has 0 atom stereocenters. The zero-order valence-electron chi connectivity index (χ0n) is 15.7. The normalized spacial score (nSPS) is 13.6. The molecule has 1 aliphatic rings. The van der Waals surface area contributed by atoms with E-state index in [1.807, 2.05) is 24.3 Å². The molecule has 8 heteroatoms. The zero-order valence-corrected chi connectivity index (χ0v) is 16.5. The lowest BCUT2D eigenvalue weighted by Crippen LogP contribution is -2.10. The number of fused-ring (bicyclic) bond motifs is 1. The molecule has 1 amide bonds. The predicted molar refractivity (Wildman–Crippen MR) is 113 cm³/mol. The molecule has 1 aliphatic carbocycles. The van der Waals surface area contributed by atoms with Crippen molar-refractivity contribution in [3.63, 3.8) is 0 Å². The number of rotatable bonds is 8. The number of unbranched alkanes of at least 4 members (excludes halogenated alkanes) is 1. The van der Waals surface area contributed by atoms with Gasteiger partial charge in [-0.1, -0.05) is 25.5 Å². The number of nitrogen functional groups attached to an aromatic ring is 1. The van der Waals surface area contributed by atoms with E-state index in [9.17, 15) is 4.79 Å². The fourth-order valence-electron chi connectivity index (χ4n) is 2.99. The van der Waals surface area contributed by atoms with E-state index in [1.165, 1.54) is 11.3 Å². The number of amides is 1. The molecule has 0 radical (unpaired) electrons. The lowest BCUT2D eigenvalue weighted by atomic mass is 10.1. The minimum Gasteiger partial charge on any atom is -0.493 e. The maximum Gasteiger partial charge on any atom is 0.260 e. The summed E-state index contributed by atoms with van der Waals surface area (Å²) >= 11 is 1.20. The summed E-state index contributed by atoms with van der Waals surface area (Å²) < 4.78 is 6.00. The van der Waals surface area contributed by atoms with Gasteiger partial charge in [-0.3, -0.25) is 4.79 Å². The number of carbonyl (C=O) groups excluding carboxylic acids is 1. The molecule has 28 heavy (non-hydrogen) atoms. The number of anilines is 2. The zero-order chi connectivity index (χ0) is 19.7. The van der Waals surface area contributed by atoms with Gasteiger partial charge in [-0.25, -0.2) is 9.97 Å². The third kappa shape index (κ3) is 3.60. The highest BCUT2D eigenvalue weighted by Gasteiger charge is 2.26. The summed E-state index contributed by atoms with van der Waals surface area (Å²) in [6.07, 6.45) is 4.22. The van der Waals surface area contributed by atoms with E-state index in [0.29, 0.717) is 45.1 Å². The number of benzene rings is 1. The molecular formula is C20H23N5O2S. The Morgan fingerprint density at radius 1 is 1.32 bits per heavy atom. The molecule has 146 valence electrons. The van der Waals surface area contributed by atoms with Crippen LogP contribution in [0.3, 0.4) is 0 Å². The molecule has 5 N–H and O–H groups in total. The van der Waals surface area contributed by atoms with Gasteiger partial charge in [-0.15, -0.1) is 11.3 Å². The number of aromatic nitrogens is 2. The number of ether oxygens (including phenoxy) is 1. The number of nitrogens with two attached hydrogens (primary N) is 2. The second-order valence-electron chi connectivity index (χ2n) is 6.90. The highest BCUT2D eigenvalue weighted by atomic mass is 32.1. The number of primary amides is 1. The minimum atomic E-state index is -0.560. The molecule has 0 spiro atoms. The first-order valence-electron chi connectivity index (χ1n) is 9.47. The first-order chi connectivity index (χ1) is 13.6. The summed E-state index contributed by atoms with van der Waals surface area (Å²) in [5.74, 6) is 0.709. The molecule has 3 aromatic rings. The van der Waals surface area contributed by atoms with Crippen molar-refractivity contribution in [2.45, 2.75) is 38.6 Å². The molecule has 0 aliphatic heterocycles. The molecule has 1 aromatic carbocycles. The number of nitrogens with one attached hydrogen (secondary N) is 1. The summed E-state index contributed by atoms with van der Waals surface area (Å²) in [5.41, 5.74) is 13.6. The van der Waals surface area contributed by atoms with Gasteiger partial charge in [0, 0.05) is 11.6 Å². The molecule has 0 bridgehead atoms. The van der Waals surface area contributed by atoms with Crippen LogP contribution in [-0.4, -0.2) is 28.5 Å². The number of nitrogens with zero attached hydrogens (tertiary/aromatic N) is 2. The Labute approximate surface area is 167 Å². The fourth-order valence-corrected chi connectivity index (χ4v) is 3.94. The van der Waals surface area contributed by atoms with Crippen molar-refractivity contribution >= 4 is 39.1 Å². The van der Waals surface area contributed by atoms with Gasteiger partial charge in [0.25, 0.3) is 5.91 Å². The van der Waals surface area contributed by atoms with Crippen molar-refractivity contribution in [2.75, 3.05) is 17.7 Å². The topological polar surface area (TPSA) is 116 Å². The van der Waals surface area contributed by atoms with E-state index < -0.39 is 5.91 Å². The number of thiophene rings is 1. The van der Waals surface area contributed by atoms with Crippen LogP contribution in [-0.2, 0) is 0 Å². The largest absolute Gasteiger partial charge is 0.493 e. The van der Waals surface area contributed by atoms with Crippen LogP contribution in [0, 0.1) is 0 Å². The van der Waals surface area contributed by atoms with E-state index in [-0.39, 0.29) is 0 Å². The summed E-state index contributed by atoms with van der Waals surface area (Å²) in [6, 6.07) is 8.13. The van der Waals surface area contributed by atoms with Crippen LogP contribution in [0.15, 0.2) is 24.3 Å². The second-order valence-corrected chi connectivity index (χ2v) is 7.90. The average Bonchev–Trinajstić information content (AvgIpc) is 3.43. The molecule has 1 fully saturated rings. The van der Waals surface area contributed by atoms with Gasteiger partial charge in [-0.2, -0.15) is 0 Å². The van der Waals surface area contributed by atoms with Gasteiger partial charge < -0.3 is 21.5 Å². The maximum atomic E-state index is 11.8. The van der Waals surface area contributed by atoms with Crippen LogP contribution in [0.2, 0.25) is 0 Å². The average molecular weight is 398 g/mol. The van der Waals surface area contributed by atoms with E-state index in [2.05, 4.69) is 17.2 Å². The Kier molecular flexibility index (Phi) is 5.04. The van der Waals surface area contributed by atoms with Crippen LogP contribution in [0.4, 0.5) is 11.6 Å². The van der Waals surface area contributed by atoms with Crippen molar-refractivity contribution in [1.82, 2.24) is 9.97 Å². The van der Waals surface area contributed by atoms with Gasteiger partial charge in [-0.05, 0) is 31.4 Å². The molecule has 0 saturated heterocycles. The van der Waals surface area contributed by atoms with Crippen molar-refractivity contribution in [3.8, 4) is 17.0 Å². The van der Waals surface area contributed by atoms with Gasteiger partial charge in [0.1, 0.15) is 15.5 Å². The third-order valence-electron chi connectivity index (χ3n) is 4.62. The molecule has 0 unspecified atom stereocenters. The van der Waals surface area contributed by atoms with E-state index in [1.54, 1.807) is 0 Å². The SMILES string of the molecule is CCCCOc1ccccc1-c1nc(NC2CC2)nc2sc(C(N)=O)c(N)c12.